The minimum Gasteiger partial charge on any atom is -0.279 e. The second-order valence-corrected chi connectivity index (χ2v) is 8.52. The lowest BCUT2D eigenvalue weighted by Gasteiger charge is -2.12. The highest BCUT2D eigenvalue weighted by atomic mass is 32.2. The van der Waals surface area contributed by atoms with Crippen LogP contribution in [-0.2, 0) is 10.0 Å². The Labute approximate surface area is 151 Å². The summed E-state index contributed by atoms with van der Waals surface area (Å²) in [5.74, 6) is 0. The largest absolute Gasteiger partial charge is 0.279 e. The van der Waals surface area contributed by atoms with E-state index in [2.05, 4.69) is 10.8 Å². The number of anilines is 1. The molecule has 1 N–H and O–H groups in total. The van der Waals surface area contributed by atoms with Crippen molar-refractivity contribution < 1.29 is 8.42 Å². The third kappa shape index (κ3) is 3.73. The van der Waals surface area contributed by atoms with Gasteiger partial charge in [-0.05, 0) is 54.8 Å². The number of thiophene rings is 1. The van der Waals surface area contributed by atoms with E-state index in [0.29, 0.717) is 11.3 Å². The normalized spacial score (nSPS) is 11.1. The SMILES string of the molecule is Cc1cc(S(=O)(=O)Nc2cc(-c3ccc(C#N)cc3)ccc2C)cs1. The Bertz CT molecular complexity index is 1060. The maximum absolute atomic E-state index is 12.6. The Balaban J connectivity index is 1.95. The van der Waals surface area contributed by atoms with E-state index in [9.17, 15) is 8.42 Å². The molecule has 0 radical (unpaired) electrons. The van der Waals surface area contributed by atoms with Crippen LogP contribution in [0.25, 0.3) is 11.1 Å². The quantitative estimate of drug-likeness (QED) is 0.725. The topological polar surface area (TPSA) is 70.0 Å². The predicted octanol–water partition coefficient (Wildman–Crippen LogP) is 4.70. The third-order valence-corrected chi connectivity index (χ3v) is 6.20. The minimum absolute atomic E-state index is 0.276. The molecule has 0 aliphatic rings. The molecule has 0 saturated carbocycles. The first-order valence-electron chi connectivity index (χ1n) is 7.58. The van der Waals surface area contributed by atoms with Crippen molar-refractivity contribution in [3.63, 3.8) is 0 Å². The second kappa shape index (κ2) is 6.71. The van der Waals surface area contributed by atoms with E-state index in [1.54, 1.807) is 23.6 Å². The van der Waals surface area contributed by atoms with Gasteiger partial charge in [-0.2, -0.15) is 5.26 Å². The first kappa shape index (κ1) is 17.2. The van der Waals surface area contributed by atoms with Gasteiger partial charge < -0.3 is 0 Å². The number of sulfonamides is 1. The first-order chi connectivity index (χ1) is 11.9. The maximum Gasteiger partial charge on any atom is 0.262 e. The molecule has 126 valence electrons. The van der Waals surface area contributed by atoms with Gasteiger partial charge in [0.15, 0.2) is 0 Å². The van der Waals surface area contributed by atoms with Crippen molar-refractivity contribution in [1.82, 2.24) is 0 Å². The lowest BCUT2D eigenvalue weighted by atomic mass is 10.0. The summed E-state index contributed by atoms with van der Waals surface area (Å²) in [6.07, 6.45) is 0. The van der Waals surface area contributed by atoms with E-state index in [0.717, 1.165) is 21.6 Å². The molecule has 2 aromatic carbocycles. The van der Waals surface area contributed by atoms with Crippen LogP contribution < -0.4 is 4.72 Å². The van der Waals surface area contributed by atoms with Gasteiger partial charge in [0, 0.05) is 10.3 Å². The Hall–Kier alpha value is -2.62. The summed E-state index contributed by atoms with van der Waals surface area (Å²) in [5.41, 5.74) is 3.78. The molecule has 6 heteroatoms. The van der Waals surface area contributed by atoms with Crippen molar-refractivity contribution in [2.75, 3.05) is 4.72 Å². The molecule has 0 saturated heterocycles. The summed E-state index contributed by atoms with van der Waals surface area (Å²) in [5, 5.41) is 10.5. The molecule has 3 rings (SSSR count). The highest BCUT2D eigenvalue weighted by molar-refractivity contribution is 7.92. The number of hydrogen-bond acceptors (Lipinski definition) is 4. The molecular formula is C19H16N2O2S2. The number of benzene rings is 2. The number of nitrogens with one attached hydrogen (secondary N) is 1. The number of nitriles is 1. The van der Waals surface area contributed by atoms with E-state index in [1.165, 1.54) is 11.3 Å². The third-order valence-electron chi connectivity index (χ3n) is 3.85. The molecule has 1 aromatic heterocycles. The number of nitrogens with zero attached hydrogens (tertiary/aromatic N) is 1. The van der Waals surface area contributed by atoms with Gasteiger partial charge in [0.2, 0.25) is 0 Å². The van der Waals surface area contributed by atoms with Gasteiger partial charge in [0.25, 0.3) is 10.0 Å². The minimum atomic E-state index is -3.61. The maximum atomic E-state index is 12.6. The Kier molecular flexibility index (Phi) is 4.62. The summed E-state index contributed by atoms with van der Waals surface area (Å²) in [6.45, 7) is 3.74. The van der Waals surface area contributed by atoms with E-state index in [4.69, 9.17) is 5.26 Å². The molecule has 0 amide bonds. The predicted molar refractivity (Wildman–Crippen MR) is 101 cm³/mol. The zero-order valence-electron chi connectivity index (χ0n) is 13.8. The fraction of sp³-hybridized carbons (Fsp3) is 0.105. The Morgan fingerprint density at radius 2 is 1.68 bits per heavy atom. The fourth-order valence-corrected chi connectivity index (χ4v) is 4.66. The van der Waals surface area contributed by atoms with E-state index < -0.39 is 10.0 Å². The average molecular weight is 368 g/mol. The van der Waals surface area contributed by atoms with Crippen LogP contribution in [0.3, 0.4) is 0 Å². The highest BCUT2D eigenvalue weighted by Gasteiger charge is 2.17. The standard InChI is InChI=1S/C19H16N2O2S2/c1-13-3-6-17(16-7-4-15(11-20)5-8-16)10-19(13)21-25(22,23)18-9-14(2)24-12-18/h3-10,12,21H,1-2H3. The van der Waals surface area contributed by atoms with E-state index in [1.807, 2.05) is 44.2 Å². The van der Waals surface area contributed by atoms with Crippen molar-refractivity contribution in [2.24, 2.45) is 0 Å². The zero-order valence-corrected chi connectivity index (χ0v) is 15.4. The lowest BCUT2D eigenvalue weighted by Crippen LogP contribution is -2.13. The number of rotatable bonds is 4. The van der Waals surface area contributed by atoms with Crippen molar-refractivity contribution >= 4 is 27.0 Å². The first-order valence-corrected chi connectivity index (χ1v) is 9.94. The summed E-state index contributed by atoms with van der Waals surface area (Å²) in [4.78, 5) is 1.22. The summed E-state index contributed by atoms with van der Waals surface area (Å²) >= 11 is 1.40. The summed E-state index contributed by atoms with van der Waals surface area (Å²) in [6, 6.07) is 16.6. The van der Waals surface area contributed by atoms with Gasteiger partial charge in [-0.3, -0.25) is 4.72 Å². The summed E-state index contributed by atoms with van der Waals surface area (Å²) in [7, 11) is -3.61. The van der Waals surface area contributed by atoms with Crippen molar-refractivity contribution in [3.05, 3.63) is 69.9 Å². The number of hydrogen-bond donors (Lipinski definition) is 1. The van der Waals surface area contributed by atoms with Crippen LogP contribution in [0.1, 0.15) is 16.0 Å². The van der Waals surface area contributed by atoms with Gasteiger partial charge in [0.1, 0.15) is 0 Å². The molecule has 0 atom stereocenters. The molecule has 0 unspecified atom stereocenters. The van der Waals surface area contributed by atoms with Crippen LogP contribution in [-0.4, -0.2) is 8.42 Å². The van der Waals surface area contributed by atoms with Crippen LogP contribution in [0.5, 0.6) is 0 Å². The molecule has 3 aromatic rings. The average Bonchev–Trinajstić information content (AvgIpc) is 3.04. The van der Waals surface area contributed by atoms with Crippen LogP contribution in [0, 0.1) is 25.2 Å². The van der Waals surface area contributed by atoms with Crippen LogP contribution >= 0.6 is 11.3 Å². The monoisotopic (exact) mass is 368 g/mol. The van der Waals surface area contributed by atoms with E-state index >= 15 is 0 Å². The molecule has 25 heavy (non-hydrogen) atoms. The van der Waals surface area contributed by atoms with Gasteiger partial charge in [0.05, 0.1) is 22.2 Å². The molecule has 0 bridgehead atoms. The summed E-state index contributed by atoms with van der Waals surface area (Å²) < 4.78 is 27.8. The smallest absolute Gasteiger partial charge is 0.262 e. The Morgan fingerprint density at radius 3 is 2.28 bits per heavy atom. The highest BCUT2D eigenvalue weighted by Crippen LogP contribution is 2.28. The zero-order chi connectivity index (χ0) is 18.0. The fourth-order valence-electron chi connectivity index (χ4n) is 2.41. The molecule has 0 spiro atoms. The van der Waals surface area contributed by atoms with Crippen LogP contribution in [0.2, 0.25) is 0 Å². The lowest BCUT2D eigenvalue weighted by molar-refractivity contribution is 0.601. The van der Waals surface area contributed by atoms with Gasteiger partial charge in [-0.25, -0.2) is 8.42 Å². The van der Waals surface area contributed by atoms with E-state index in [-0.39, 0.29) is 4.90 Å². The van der Waals surface area contributed by atoms with Crippen molar-refractivity contribution in [3.8, 4) is 17.2 Å². The molecule has 0 aliphatic heterocycles. The molecule has 1 heterocycles. The number of aryl methyl sites for hydroxylation is 2. The van der Waals surface area contributed by atoms with Gasteiger partial charge >= 0.3 is 0 Å². The molecule has 0 aliphatic carbocycles. The molecular weight excluding hydrogens is 352 g/mol. The van der Waals surface area contributed by atoms with Crippen molar-refractivity contribution in [2.45, 2.75) is 18.7 Å². The van der Waals surface area contributed by atoms with Crippen LogP contribution in [0.15, 0.2) is 58.8 Å². The van der Waals surface area contributed by atoms with Gasteiger partial charge in [-0.1, -0.05) is 24.3 Å². The van der Waals surface area contributed by atoms with Crippen LogP contribution in [0.4, 0.5) is 5.69 Å². The second-order valence-electron chi connectivity index (χ2n) is 5.72. The van der Waals surface area contributed by atoms with Crippen molar-refractivity contribution in [1.29, 1.82) is 5.26 Å². The molecule has 0 fully saturated rings. The van der Waals surface area contributed by atoms with Gasteiger partial charge in [-0.15, -0.1) is 11.3 Å². The molecule has 4 nitrogen and oxygen atoms in total. The Morgan fingerprint density at radius 1 is 1.00 bits per heavy atom.